The molecule has 2 unspecified atom stereocenters. The van der Waals surface area contributed by atoms with Gasteiger partial charge in [-0.1, -0.05) is 42.0 Å². The molecule has 0 spiro atoms. The fourth-order valence-corrected chi connectivity index (χ4v) is 4.15. The van der Waals surface area contributed by atoms with Crippen molar-refractivity contribution in [3.8, 4) is 5.75 Å². The van der Waals surface area contributed by atoms with Gasteiger partial charge >= 0.3 is 0 Å². The summed E-state index contributed by atoms with van der Waals surface area (Å²) >= 11 is 0. The Hall–Kier alpha value is -2.20. The van der Waals surface area contributed by atoms with Crippen LogP contribution in [0.5, 0.6) is 5.75 Å². The van der Waals surface area contributed by atoms with Crippen LogP contribution in [0.1, 0.15) is 37.9 Å². The van der Waals surface area contributed by atoms with Gasteiger partial charge in [0.25, 0.3) is 0 Å². The van der Waals surface area contributed by atoms with Crippen molar-refractivity contribution in [2.45, 2.75) is 38.4 Å². The van der Waals surface area contributed by atoms with Gasteiger partial charge in [-0.15, -0.1) is 0 Å². The van der Waals surface area contributed by atoms with Crippen LogP contribution in [0.2, 0.25) is 0 Å². The van der Waals surface area contributed by atoms with Crippen LogP contribution in [0.25, 0.3) is 0 Å². The molecule has 2 heterocycles. The zero-order chi connectivity index (χ0) is 17.4. The molecule has 0 aromatic heterocycles. The molecule has 4 nitrogen and oxygen atoms in total. The second kappa shape index (κ2) is 6.60. The molecule has 4 heteroatoms. The van der Waals surface area contributed by atoms with Gasteiger partial charge in [-0.05, 0) is 39.3 Å². The third kappa shape index (κ3) is 2.95. The van der Waals surface area contributed by atoms with E-state index in [1.54, 1.807) is 6.07 Å². The molecule has 1 aromatic carbocycles. The SMILES string of the molecule is CC1=CC2C(=C(N3CCCCC3)NC(c3ccccc3O)N2C)C=C1. The number of piperidine rings is 1. The number of hydrogen-bond donors (Lipinski definition) is 2. The summed E-state index contributed by atoms with van der Waals surface area (Å²) in [4.78, 5) is 4.80. The maximum atomic E-state index is 10.4. The van der Waals surface area contributed by atoms with E-state index in [1.165, 1.54) is 36.2 Å². The third-order valence-corrected chi connectivity index (χ3v) is 5.56. The van der Waals surface area contributed by atoms with E-state index in [2.05, 4.69) is 47.3 Å². The molecule has 25 heavy (non-hydrogen) atoms. The Kier molecular flexibility index (Phi) is 4.30. The zero-order valence-corrected chi connectivity index (χ0v) is 15.1. The number of phenolic OH excluding ortho intramolecular Hbond substituents is 1. The fourth-order valence-electron chi connectivity index (χ4n) is 4.15. The first-order valence-electron chi connectivity index (χ1n) is 9.27. The van der Waals surface area contributed by atoms with Crippen molar-refractivity contribution in [3.05, 3.63) is 65.0 Å². The van der Waals surface area contributed by atoms with Gasteiger partial charge in [0, 0.05) is 24.2 Å². The topological polar surface area (TPSA) is 38.7 Å². The minimum absolute atomic E-state index is 0.0394. The molecule has 1 saturated heterocycles. The molecule has 1 aromatic rings. The zero-order valence-electron chi connectivity index (χ0n) is 15.1. The van der Waals surface area contributed by atoms with Gasteiger partial charge in [0.15, 0.2) is 0 Å². The molecule has 4 rings (SSSR count). The van der Waals surface area contributed by atoms with E-state index in [4.69, 9.17) is 0 Å². The number of aromatic hydroxyl groups is 1. The molecule has 2 aliphatic heterocycles. The van der Waals surface area contributed by atoms with Crippen LogP contribution in [0.3, 0.4) is 0 Å². The van der Waals surface area contributed by atoms with Gasteiger partial charge in [-0.25, -0.2) is 0 Å². The number of nitrogens with zero attached hydrogens (tertiary/aromatic N) is 2. The van der Waals surface area contributed by atoms with Gasteiger partial charge in [-0.2, -0.15) is 0 Å². The van der Waals surface area contributed by atoms with E-state index in [1.807, 2.05) is 18.2 Å². The lowest BCUT2D eigenvalue weighted by atomic mass is 9.92. The Morgan fingerprint density at radius 3 is 2.60 bits per heavy atom. The predicted octanol–water partition coefficient (Wildman–Crippen LogP) is 3.51. The van der Waals surface area contributed by atoms with Crippen LogP contribution >= 0.6 is 0 Å². The maximum Gasteiger partial charge on any atom is 0.122 e. The first-order chi connectivity index (χ1) is 12.1. The number of allylic oxidation sites excluding steroid dienone is 2. The molecular formula is C21H27N3O. The van der Waals surface area contributed by atoms with Crippen molar-refractivity contribution in [1.82, 2.24) is 15.1 Å². The van der Waals surface area contributed by atoms with E-state index >= 15 is 0 Å². The maximum absolute atomic E-state index is 10.4. The van der Waals surface area contributed by atoms with Crippen LogP contribution in [0.15, 0.2) is 59.5 Å². The smallest absolute Gasteiger partial charge is 0.122 e. The second-order valence-corrected chi connectivity index (χ2v) is 7.31. The van der Waals surface area contributed by atoms with E-state index in [-0.39, 0.29) is 12.2 Å². The summed E-state index contributed by atoms with van der Waals surface area (Å²) in [5.41, 5.74) is 3.55. The molecule has 132 valence electrons. The van der Waals surface area contributed by atoms with Crippen LogP contribution in [-0.2, 0) is 0 Å². The van der Waals surface area contributed by atoms with Crippen molar-refractivity contribution in [3.63, 3.8) is 0 Å². The molecular weight excluding hydrogens is 310 g/mol. The first-order valence-corrected chi connectivity index (χ1v) is 9.27. The summed E-state index contributed by atoms with van der Waals surface area (Å²) in [7, 11) is 2.13. The number of benzene rings is 1. The van der Waals surface area contributed by atoms with Gasteiger partial charge in [0.1, 0.15) is 17.7 Å². The predicted molar refractivity (Wildman–Crippen MR) is 101 cm³/mol. The summed E-state index contributed by atoms with van der Waals surface area (Å²) in [6.07, 6.45) is 10.6. The largest absolute Gasteiger partial charge is 0.508 e. The lowest BCUT2D eigenvalue weighted by molar-refractivity contribution is 0.142. The number of nitrogens with one attached hydrogen (secondary N) is 1. The molecule has 2 atom stereocenters. The Morgan fingerprint density at radius 2 is 1.84 bits per heavy atom. The molecule has 2 N–H and O–H groups in total. The monoisotopic (exact) mass is 337 g/mol. The Balaban J connectivity index is 1.77. The van der Waals surface area contributed by atoms with Crippen molar-refractivity contribution >= 4 is 0 Å². The van der Waals surface area contributed by atoms with Gasteiger partial charge < -0.3 is 15.3 Å². The number of likely N-dealkylation sites (tertiary alicyclic amines) is 1. The van der Waals surface area contributed by atoms with Crippen LogP contribution in [0.4, 0.5) is 0 Å². The van der Waals surface area contributed by atoms with Crippen LogP contribution in [0, 0.1) is 0 Å². The van der Waals surface area contributed by atoms with Crippen molar-refractivity contribution in [1.29, 1.82) is 0 Å². The molecule has 0 radical (unpaired) electrons. The molecule has 0 saturated carbocycles. The summed E-state index contributed by atoms with van der Waals surface area (Å²) in [5.74, 6) is 1.58. The molecule has 0 amide bonds. The van der Waals surface area contributed by atoms with Crippen molar-refractivity contribution < 1.29 is 5.11 Å². The average molecular weight is 337 g/mol. The summed E-state index contributed by atoms with van der Waals surface area (Å²) in [6, 6.07) is 7.88. The van der Waals surface area contributed by atoms with Crippen molar-refractivity contribution in [2.24, 2.45) is 0 Å². The normalized spacial score (nSPS) is 27.0. The second-order valence-electron chi connectivity index (χ2n) is 7.31. The number of hydrogen-bond acceptors (Lipinski definition) is 4. The minimum atomic E-state index is -0.0394. The number of likely N-dealkylation sites (N-methyl/N-ethyl adjacent to an activating group) is 1. The lowest BCUT2D eigenvalue weighted by Gasteiger charge is -2.46. The number of para-hydroxylation sites is 1. The summed E-state index contributed by atoms with van der Waals surface area (Å²) in [6.45, 7) is 4.36. The summed E-state index contributed by atoms with van der Waals surface area (Å²) in [5, 5.41) is 14.1. The van der Waals surface area contributed by atoms with Crippen LogP contribution in [-0.4, -0.2) is 41.1 Å². The Labute approximate surface area is 150 Å². The first kappa shape index (κ1) is 16.3. The number of rotatable bonds is 2. The van der Waals surface area contributed by atoms with E-state index in [9.17, 15) is 5.11 Å². The van der Waals surface area contributed by atoms with Crippen molar-refractivity contribution in [2.75, 3.05) is 20.1 Å². The third-order valence-electron chi connectivity index (χ3n) is 5.56. The number of phenols is 1. The summed E-state index contributed by atoms with van der Waals surface area (Å²) < 4.78 is 0. The Morgan fingerprint density at radius 1 is 1.08 bits per heavy atom. The minimum Gasteiger partial charge on any atom is -0.508 e. The highest BCUT2D eigenvalue weighted by Gasteiger charge is 2.36. The van der Waals surface area contributed by atoms with Crippen LogP contribution < -0.4 is 5.32 Å². The van der Waals surface area contributed by atoms with E-state index < -0.39 is 0 Å². The lowest BCUT2D eigenvalue weighted by Crippen LogP contribution is -2.52. The fraction of sp³-hybridized carbons (Fsp3) is 0.429. The molecule has 3 aliphatic rings. The Bertz CT molecular complexity index is 743. The number of fused-ring (bicyclic) bond motifs is 1. The molecule has 0 bridgehead atoms. The van der Waals surface area contributed by atoms with Gasteiger partial charge in [0.05, 0.1) is 6.04 Å². The highest BCUT2D eigenvalue weighted by Crippen LogP contribution is 2.37. The molecule has 1 aliphatic carbocycles. The van der Waals surface area contributed by atoms with Gasteiger partial charge in [0.2, 0.25) is 0 Å². The van der Waals surface area contributed by atoms with E-state index in [0.717, 1.165) is 18.7 Å². The van der Waals surface area contributed by atoms with Gasteiger partial charge in [-0.3, -0.25) is 4.90 Å². The highest BCUT2D eigenvalue weighted by atomic mass is 16.3. The van der Waals surface area contributed by atoms with E-state index in [0.29, 0.717) is 5.75 Å². The quantitative estimate of drug-likeness (QED) is 0.866. The highest BCUT2D eigenvalue weighted by molar-refractivity contribution is 5.46. The standard InChI is InChI=1S/C21H27N3O/c1-15-10-11-16-18(14-15)23(2)20(17-8-4-5-9-19(17)25)22-21(16)24-12-6-3-7-13-24/h4-5,8-11,14,18,20,22,25H,3,6-7,12-13H2,1-2H3. The average Bonchev–Trinajstić information content (AvgIpc) is 2.64. The molecule has 1 fully saturated rings.